The molecule has 0 fully saturated rings. The molecule has 0 aliphatic rings. The zero-order chi connectivity index (χ0) is 19.2. The molecule has 0 atom stereocenters. The molecule has 2 N–H and O–H groups in total. The van der Waals surface area contributed by atoms with Crippen molar-refractivity contribution in [1.82, 2.24) is 9.97 Å². The molecule has 8 heteroatoms. The van der Waals surface area contributed by atoms with Gasteiger partial charge in [-0.15, -0.1) is 0 Å². The monoisotopic (exact) mass is 382 g/mol. The molecular formula is C19H15ClN4O3. The molecule has 2 aromatic carbocycles. The van der Waals surface area contributed by atoms with E-state index in [1.807, 2.05) is 0 Å². The van der Waals surface area contributed by atoms with E-state index in [1.54, 1.807) is 48.5 Å². The normalized spacial score (nSPS) is 10.1. The highest BCUT2D eigenvalue weighted by Gasteiger charge is 2.10. The van der Waals surface area contributed by atoms with Crippen molar-refractivity contribution in [2.45, 2.75) is 0 Å². The molecule has 1 heterocycles. The van der Waals surface area contributed by atoms with Gasteiger partial charge in [-0.3, -0.25) is 4.79 Å². The lowest BCUT2D eigenvalue weighted by molar-refractivity contribution is 0.0600. The quantitative estimate of drug-likeness (QED) is 0.650. The molecule has 136 valence electrons. The number of aromatic nitrogens is 2. The number of esters is 1. The molecule has 0 spiro atoms. The molecule has 1 amide bonds. The predicted molar refractivity (Wildman–Crippen MR) is 103 cm³/mol. The number of halogens is 1. The number of ether oxygens (including phenoxy) is 1. The summed E-state index contributed by atoms with van der Waals surface area (Å²) in [5.41, 5.74) is 1.91. The van der Waals surface area contributed by atoms with E-state index in [4.69, 9.17) is 11.6 Å². The largest absolute Gasteiger partial charge is 0.465 e. The van der Waals surface area contributed by atoms with Crippen LogP contribution in [0.15, 0.2) is 60.8 Å². The van der Waals surface area contributed by atoms with Gasteiger partial charge in [-0.25, -0.2) is 14.8 Å². The fourth-order valence-electron chi connectivity index (χ4n) is 2.21. The van der Waals surface area contributed by atoms with Gasteiger partial charge in [0.2, 0.25) is 5.95 Å². The summed E-state index contributed by atoms with van der Waals surface area (Å²) in [6.07, 6.45) is 1.48. The lowest BCUT2D eigenvalue weighted by atomic mass is 10.2. The minimum absolute atomic E-state index is 0.202. The summed E-state index contributed by atoms with van der Waals surface area (Å²) < 4.78 is 4.66. The first-order chi connectivity index (χ1) is 13.0. The van der Waals surface area contributed by atoms with Crippen LogP contribution in [-0.2, 0) is 4.74 Å². The number of nitrogens with zero attached hydrogens (tertiary/aromatic N) is 2. The number of amides is 1. The summed E-state index contributed by atoms with van der Waals surface area (Å²) in [4.78, 5) is 32.1. The molecule has 0 saturated carbocycles. The van der Waals surface area contributed by atoms with E-state index >= 15 is 0 Å². The third-order valence-electron chi connectivity index (χ3n) is 3.55. The highest BCUT2D eigenvalue weighted by atomic mass is 35.5. The molecule has 0 radical (unpaired) electrons. The minimum atomic E-state index is -0.418. The van der Waals surface area contributed by atoms with Crippen LogP contribution in [0.1, 0.15) is 20.8 Å². The number of benzene rings is 2. The van der Waals surface area contributed by atoms with Crippen molar-refractivity contribution in [1.29, 1.82) is 0 Å². The Labute approximate surface area is 160 Å². The summed E-state index contributed by atoms with van der Waals surface area (Å²) in [6, 6.07) is 14.9. The van der Waals surface area contributed by atoms with Gasteiger partial charge >= 0.3 is 5.97 Å². The number of rotatable bonds is 5. The zero-order valence-electron chi connectivity index (χ0n) is 14.3. The van der Waals surface area contributed by atoms with Crippen molar-refractivity contribution in [2.75, 3.05) is 17.7 Å². The zero-order valence-corrected chi connectivity index (χ0v) is 15.0. The summed E-state index contributed by atoms with van der Waals surface area (Å²) in [5, 5.41) is 6.30. The first-order valence-electron chi connectivity index (χ1n) is 7.90. The molecule has 0 aliphatic heterocycles. The molecule has 7 nitrogen and oxygen atoms in total. The van der Waals surface area contributed by atoms with Crippen molar-refractivity contribution in [3.05, 3.63) is 77.1 Å². The van der Waals surface area contributed by atoms with E-state index in [0.717, 1.165) is 0 Å². The van der Waals surface area contributed by atoms with Gasteiger partial charge in [-0.2, -0.15) is 0 Å². The topological polar surface area (TPSA) is 93.2 Å². The number of methoxy groups -OCH3 is 1. The second kappa shape index (κ2) is 8.29. The van der Waals surface area contributed by atoms with Gasteiger partial charge in [0.05, 0.1) is 12.7 Å². The summed E-state index contributed by atoms with van der Waals surface area (Å²) >= 11 is 5.83. The van der Waals surface area contributed by atoms with Gasteiger partial charge in [0, 0.05) is 22.6 Å². The van der Waals surface area contributed by atoms with Gasteiger partial charge in [-0.05, 0) is 54.6 Å². The Morgan fingerprint density at radius 3 is 2.30 bits per heavy atom. The second-order valence-electron chi connectivity index (χ2n) is 5.42. The van der Waals surface area contributed by atoms with Crippen LogP contribution in [0.3, 0.4) is 0 Å². The minimum Gasteiger partial charge on any atom is -0.465 e. The van der Waals surface area contributed by atoms with Crippen LogP contribution in [0.4, 0.5) is 17.3 Å². The molecular weight excluding hydrogens is 368 g/mol. The maximum Gasteiger partial charge on any atom is 0.337 e. The van der Waals surface area contributed by atoms with Crippen LogP contribution < -0.4 is 10.6 Å². The predicted octanol–water partition coefficient (Wildman–Crippen LogP) is 3.91. The lowest BCUT2D eigenvalue weighted by Crippen LogP contribution is -2.14. The van der Waals surface area contributed by atoms with Gasteiger partial charge in [0.25, 0.3) is 5.91 Å². The van der Waals surface area contributed by atoms with Crippen LogP contribution in [0.2, 0.25) is 5.02 Å². The third kappa shape index (κ3) is 4.80. The van der Waals surface area contributed by atoms with Crippen molar-refractivity contribution in [3.8, 4) is 0 Å². The molecule has 3 rings (SSSR count). The smallest absolute Gasteiger partial charge is 0.337 e. The lowest BCUT2D eigenvalue weighted by Gasteiger charge is -2.08. The molecule has 0 bridgehead atoms. The van der Waals surface area contributed by atoms with Crippen molar-refractivity contribution in [3.63, 3.8) is 0 Å². The average Bonchev–Trinajstić information content (AvgIpc) is 2.70. The maximum atomic E-state index is 12.3. The van der Waals surface area contributed by atoms with E-state index in [0.29, 0.717) is 22.0 Å². The first-order valence-corrected chi connectivity index (χ1v) is 8.28. The Bertz CT molecular complexity index is 959. The Hall–Kier alpha value is -3.45. The Kier molecular flexibility index (Phi) is 5.63. The molecule has 0 aliphatic carbocycles. The van der Waals surface area contributed by atoms with Crippen molar-refractivity contribution >= 4 is 40.8 Å². The molecule has 1 aromatic heterocycles. The molecule has 27 heavy (non-hydrogen) atoms. The van der Waals surface area contributed by atoms with Gasteiger partial charge in [0.1, 0.15) is 5.69 Å². The van der Waals surface area contributed by atoms with E-state index < -0.39 is 5.97 Å². The highest BCUT2D eigenvalue weighted by Crippen LogP contribution is 2.16. The second-order valence-corrected chi connectivity index (χ2v) is 5.86. The van der Waals surface area contributed by atoms with Crippen LogP contribution >= 0.6 is 11.6 Å². The van der Waals surface area contributed by atoms with Gasteiger partial charge < -0.3 is 15.4 Å². The van der Waals surface area contributed by atoms with Gasteiger partial charge in [0.15, 0.2) is 0 Å². The number of carbonyl (C=O) groups is 2. The Morgan fingerprint density at radius 1 is 0.963 bits per heavy atom. The van der Waals surface area contributed by atoms with E-state index in [-0.39, 0.29) is 17.5 Å². The standard InChI is InChI=1S/C19H15ClN4O3/c1-27-18(26)12-2-6-15(7-3-12)23-19-21-11-10-16(24-19)17(25)22-14-8-4-13(20)5-9-14/h2-11H,1H3,(H,22,25)(H,21,23,24). The number of anilines is 3. The van der Waals surface area contributed by atoms with Crippen LogP contribution in [0.25, 0.3) is 0 Å². The fraction of sp³-hybridized carbons (Fsp3) is 0.0526. The number of nitrogens with one attached hydrogen (secondary N) is 2. The Balaban J connectivity index is 1.70. The number of hydrogen-bond acceptors (Lipinski definition) is 6. The van der Waals surface area contributed by atoms with Crippen LogP contribution in [0.5, 0.6) is 0 Å². The summed E-state index contributed by atoms with van der Waals surface area (Å²) in [7, 11) is 1.32. The third-order valence-corrected chi connectivity index (χ3v) is 3.80. The molecule has 0 saturated heterocycles. The van der Waals surface area contributed by atoms with E-state index in [1.165, 1.54) is 19.4 Å². The highest BCUT2D eigenvalue weighted by molar-refractivity contribution is 6.30. The SMILES string of the molecule is COC(=O)c1ccc(Nc2nccc(C(=O)Nc3ccc(Cl)cc3)n2)cc1. The van der Waals surface area contributed by atoms with Crippen molar-refractivity contribution in [2.24, 2.45) is 0 Å². The van der Waals surface area contributed by atoms with Crippen LogP contribution in [0, 0.1) is 0 Å². The summed E-state index contributed by atoms with van der Waals surface area (Å²) in [5.74, 6) is -0.535. The summed E-state index contributed by atoms with van der Waals surface area (Å²) in [6.45, 7) is 0. The fourth-order valence-corrected chi connectivity index (χ4v) is 2.34. The molecule has 0 unspecified atom stereocenters. The number of carbonyl (C=O) groups excluding carboxylic acids is 2. The first kappa shape index (κ1) is 18.3. The number of hydrogen-bond donors (Lipinski definition) is 2. The average molecular weight is 383 g/mol. The molecule has 3 aromatic rings. The van der Waals surface area contributed by atoms with Crippen molar-refractivity contribution < 1.29 is 14.3 Å². The van der Waals surface area contributed by atoms with Gasteiger partial charge in [-0.1, -0.05) is 11.6 Å². The Morgan fingerprint density at radius 2 is 1.63 bits per heavy atom. The maximum absolute atomic E-state index is 12.3. The van der Waals surface area contributed by atoms with E-state index in [9.17, 15) is 9.59 Å². The van der Waals surface area contributed by atoms with Crippen LogP contribution in [-0.4, -0.2) is 29.0 Å². The van der Waals surface area contributed by atoms with E-state index in [2.05, 4.69) is 25.3 Å².